The molecule has 0 aromatic rings. The van der Waals surface area contributed by atoms with E-state index in [2.05, 4.69) is 11.4 Å². The highest BCUT2D eigenvalue weighted by molar-refractivity contribution is 7.47. The number of unbranched alkanes of at least 4 members (excludes halogenated alkanes) is 13. The van der Waals surface area contributed by atoms with Crippen molar-refractivity contribution in [2.75, 3.05) is 26.4 Å². The number of nitrogens with two attached hydrogens (primary N) is 1. The van der Waals surface area contributed by atoms with Crippen molar-refractivity contribution in [3.63, 3.8) is 0 Å². The molecule has 9 nitrogen and oxygen atoms in total. The van der Waals surface area contributed by atoms with Crippen molar-refractivity contribution >= 4 is 19.8 Å². The van der Waals surface area contributed by atoms with Gasteiger partial charge in [-0.1, -0.05) is 97.3 Å². The highest BCUT2D eigenvalue weighted by Crippen LogP contribution is 2.43. The van der Waals surface area contributed by atoms with E-state index in [-0.39, 0.29) is 32.6 Å². The van der Waals surface area contributed by atoms with Gasteiger partial charge in [-0.25, -0.2) is 4.57 Å². The summed E-state index contributed by atoms with van der Waals surface area (Å²) in [6.07, 6.45) is 16.8. The molecule has 3 N–H and O–H groups in total. The molecule has 1 unspecified atom stereocenters. The highest BCUT2D eigenvalue weighted by atomic mass is 31.2. The van der Waals surface area contributed by atoms with Crippen LogP contribution in [0.2, 0.25) is 0 Å². The maximum absolute atomic E-state index is 12.3. The minimum Gasteiger partial charge on any atom is -0.462 e. The SMILES string of the molecule is CCCCCCCCCCCCCCCC(=O)O[C@H](COC(=O)CCCC)COP(=O)(O)OCCN. The van der Waals surface area contributed by atoms with Gasteiger partial charge in [0.15, 0.2) is 6.10 Å². The first-order valence-corrected chi connectivity index (χ1v) is 15.5. The summed E-state index contributed by atoms with van der Waals surface area (Å²) in [5, 5.41) is 0. The van der Waals surface area contributed by atoms with Crippen LogP contribution in [0.3, 0.4) is 0 Å². The minimum absolute atomic E-state index is 0.0560. The van der Waals surface area contributed by atoms with E-state index in [0.717, 1.165) is 19.3 Å². The lowest BCUT2D eigenvalue weighted by molar-refractivity contribution is -0.161. The van der Waals surface area contributed by atoms with Crippen molar-refractivity contribution in [3.05, 3.63) is 0 Å². The van der Waals surface area contributed by atoms with Crippen LogP contribution in [0.25, 0.3) is 0 Å². The quantitative estimate of drug-likeness (QED) is 0.0750. The van der Waals surface area contributed by atoms with Crippen LogP contribution >= 0.6 is 7.82 Å². The molecule has 214 valence electrons. The van der Waals surface area contributed by atoms with Crippen LogP contribution in [-0.2, 0) is 32.7 Å². The van der Waals surface area contributed by atoms with Gasteiger partial charge >= 0.3 is 19.8 Å². The lowest BCUT2D eigenvalue weighted by Crippen LogP contribution is -2.29. The molecule has 10 heteroatoms. The summed E-state index contributed by atoms with van der Waals surface area (Å²) in [7, 11) is -4.33. The van der Waals surface area contributed by atoms with E-state index in [1.165, 1.54) is 64.2 Å². The number of ether oxygens (including phenoxy) is 2. The average Bonchev–Trinajstić information content (AvgIpc) is 2.86. The van der Waals surface area contributed by atoms with Gasteiger partial charge in [-0.2, -0.15) is 0 Å². The Morgan fingerprint density at radius 1 is 0.722 bits per heavy atom. The number of hydrogen-bond acceptors (Lipinski definition) is 8. The van der Waals surface area contributed by atoms with Gasteiger partial charge in [0.05, 0.1) is 13.2 Å². The van der Waals surface area contributed by atoms with E-state index in [0.29, 0.717) is 12.8 Å². The normalized spacial score (nSPS) is 13.8. The van der Waals surface area contributed by atoms with Crippen molar-refractivity contribution in [1.82, 2.24) is 0 Å². The third-order valence-corrected chi connectivity index (χ3v) is 6.73. The number of phosphoric ester groups is 1. The van der Waals surface area contributed by atoms with Crippen molar-refractivity contribution < 1.29 is 37.6 Å². The predicted molar refractivity (Wildman–Crippen MR) is 141 cm³/mol. The van der Waals surface area contributed by atoms with Crippen LogP contribution in [0.1, 0.15) is 123 Å². The van der Waals surface area contributed by atoms with Crippen LogP contribution in [-0.4, -0.2) is 49.3 Å². The number of hydrogen-bond donors (Lipinski definition) is 2. The number of rotatable bonds is 26. The fourth-order valence-corrected chi connectivity index (χ4v) is 4.38. The summed E-state index contributed by atoms with van der Waals surface area (Å²) in [6.45, 7) is 3.43. The number of carbonyl (C=O) groups excluding carboxylic acids is 2. The molecule has 36 heavy (non-hydrogen) atoms. The third-order valence-electron chi connectivity index (χ3n) is 5.74. The van der Waals surface area contributed by atoms with E-state index in [9.17, 15) is 19.0 Å². The van der Waals surface area contributed by atoms with Crippen LogP contribution < -0.4 is 5.73 Å². The Morgan fingerprint density at radius 3 is 1.75 bits per heavy atom. The van der Waals surface area contributed by atoms with Gasteiger partial charge in [-0.05, 0) is 12.8 Å². The summed E-state index contributed by atoms with van der Waals surface area (Å²) in [5.74, 6) is -0.868. The Kier molecular flexibility index (Phi) is 23.7. The molecule has 0 rings (SSSR count). The summed E-state index contributed by atoms with van der Waals surface area (Å²) in [4.78, 5) is 33.7. The summed E-state index contributed by atoms with van der Waals surface area (Å²) >= 11 is 0. The zero-order chi connectivity index (χ0) is 26.9. The monoisotopic (exact) mass is 537 g/mol. The van der Waals surface area contributed by atoms with Gasteiger partial charge in [0, 0.05) is 19.4 Å². The lowest BCUT2D eigenvalue weighted by atomic mass is 10.0. The third kappa shape index (κ3) is 23.4. The molecule has 0 saturated heterocycles. The topological polar surface area (TPSA) is 134 Å². The molecule has 0 radical (unpaired) electrons. The van der Waals surface area contributed by atoms with Gasteiger partial charge in [-0.15, -0.1) is 0 Å². The molecule has 0 aliphatic heterocycles. The van der Waals surface area contributed by atoms with Gasteiger partial charge in [0.1, 0.15) is 6.61 Å². The molecule has 0 fully saturated rings. The largest absolute Gasteiger partial charge is 0.472 e. The second kappa shape index (κ2) is 24.4. The van der Waals surface area contributed by atoms with E-state index >= 15 is 0 Å². The van der Waals surface area contributed by atoms with Crippen LogP contribution in [0.15, 0.2) is 0 Å². The zero-order valence-corrected chi connectivity index (χ0v) is 23.7. The molecule has 0 heterocycles. The van der Waals surface area contributed by atoms with Crippen molar-refractivity contribution in [3.8, 4) is 0 Å². The smallest absolute Gasteiger partial charge is 0.462 e. The van der Waals surface area contributed by atoms with Gasteiger partial charge in [-0.3, -0.25) is 18.6 Å². The molecule has 0 aromatic carbocycles. The molecule has 0 amide bonds. The van der Waals surface area contributed by atoms with Crippen molar-refractivity contribution in [2.45, 2.75) is 129 Å². The standard InChI is InChI=1S/C26H52NO8P/c1-3-5-7-8-9-10-11-12-13-14-15-16-17-19-26(29)35-24(22-32-25(28)18-6-4-2)23-34-36(30,31)33-21-20-27/h24H,3-23,27H2,1-2H3,(H,30,31)/t24-/m1/s1. The van der Waals surface area contributed by atoms with Gasteiger partial charge in [0.2, 0.25) is 0 Å². The molecule has 0 saturated carbocycles. The first kappa shape index (κ1) is 35.0. The first-order chi connectivity index (χ1) is 17.3. The van der Waals surface area contributed by atoms with E-state index in [4.69, 9.17) is 19.7 Å². The summed E-state index contributed by atoms with van der Waals surface area (Å²) in [6, 6.07) is 0. The molecule has 0 aromatic heterocycles. The van der Waals surface area contributed by atoms with Crippen molar-refractivity contribution in [2.24, 2.45) is 5.73 Å². The Bertz CT molecular complexity index is 590. The Hall–Kier alpha value is -0.990. The molecular weight excluding hydrogens is 485 g/mol. The molecule has 2 atom stereocenters. The Labute approximate surface area is 218 Å². The fraction of sp³-hybridized carbons (Fsp3) is 0.923. The minimum atomic E-state index is -4.33. The Balaban J connectivity index is 4.14. The van der Waals surface area contributed by atoms with Gasteiger partial charge in [0.25, 0.3) is 0 Å². The van der Waals surface area contributed by atoms with E-state index < -0.39 is 32.5 Å². The van der Waals surface area contributed by atoms with E-state index in [1.807, 2.05) is 6.92 Å². The van der Waals surface area contributed by atoms with Crippen LogP contribution in [0.5, 0.6) is 0 Å². The first-order valence-electron chi connectivity index (χ1n) is 14.0. The van der Waals surface area contributed by atoms with Crippen molar-refractivity contribution in [1.29, 1.82) is 0 Å². The maximum atomic E-state index is 12.3. The number of carbonyl (C=O) groups is 2. The van der Waals surface area contributed by atoms with E-state index in [1.54, 1.807) is 0 Å². The molecule has 0 spiro atoms. The number of phosphoric acid groups is 1. The molecule has 0 aliphatic carbocycles. The second-order valence-corrected chi connectivity index (χ2v) is 10.7. The molecule has 0 bridgehead atoms. The molecular formula is C26H52NO8P. The van der Waals surface area contributed by atoms with Crippen LogP contribution in [0.4, 0.5) is 0 Å². The number of esters is 2. The average molecular weight is 538 g/mol. The Morgan fingerprint density at radius 2 is 1.22 bits per heavy atom. The predicted octanol–water partition coefficient (Wildman–Crippen LogP) is 6.21. The van der Waals surface area contributed by atoms with Crippen LogP contribution in [0, 0.1) is 0 Å². The summed E-state index contributed by atoms with van der Waals surface area (Å²) < 4.78 is 31.9. The fourth-order valence-electron chi connectivity index (χ4n) is 3.61. The summed E-state index contributed by atoms with van der Waals surface area (Å²) in [5.41, 5.74) is 5.26. The maximum Gasteiger partial charge on any atom is 0.472 e. The second-order valence-electron chi connectivity index (χ2n) is 9.28. The van der Waals surface area contributed by atoms with Gasteiger partial charge < -0.3 is 20.1 Å². The lowest BCUT2D eigenvalue weighted by Gasteiger charge is -2.19. The molecule has 0 aliphatic rings. The highest BCUT2D eigenvalue weighted by Gasteiger charge is 2.25. The zero-order valence-electron chi connectivity index (χ0n) is 22.8.